The Labute approximate surface area is 190 Å². The van der Waals surface area contributed by atoms with Gasteiger partial charge in [-0.25, -0.2) is 9.78 Å². The van der Waals surface area contributed by atoms with E-state index < -0.39 is 23.6 Å². The number of hydrogen-bond acceptors (Lipinski definition) is 5. The molecule has 1 fully saturated rings. The lowest BCUT2D eigenvalue weighted by Gasteiger charge is -2.25. The molecule has 0 spiro atoms. The molecule has 3 rings (SSSR count). The fraction of sp³-hybridized carbons (Fsp3) is 0.524. The van der Waals surface area contributed by atoms with Gasteiger partial charge in [0.25, 0.3) is 5.56 Å². The number of amides is 2. The third kappa shape index (κ3) is 5.68. The highest BCUT2D eigenvalue weighted by atomic mass is 35.5. The lowest BCUT2D eigenvalue weighted by Crippen LogP contribution is -2.39. The van der Waals surface area contributed by atoms with Crippen LogP contribution in [0.4, 0.5) is 4.79 Å². The average molecular weight is 469 g/mol. The maximum absolute atomic E-state index is 13.4. The standard InChI is InChI=1S/C21H26Cl2N4O4/c1-21(2,3)31-20(30)26-16(11-6-7-11)18-25-17-13(23)9-8-12(22)15(17)19(29)27(18)10-4-5-14(24)28/h8-9,11,16H,4-7,10H2,1-3H3,(H2,24,28)(H,26,30)/t16-/m0/s1. The Bertz CT molecular complexity index is 1070. The molecule has 31 heavy (non-hydrogen) atoms. The number of nitrogens with zero attached hydrogens (tertiary/aromatic N) is 2. The molecular weight excluding hydrogens is 443 g/mol. The Morgan fingerprint density at radius 1 is 1.29 bits per heavy atom. The summed E-state index contributed by atoms with van der Waals surface area (Å²) in [6.07, 6.45) is 1.61. The lowest BCUT2D eigenvalue weighted by atomic mass is 10.1. The van der Waals surface area contributed by atoms with E-state index in [0.717, 1.165) is 12.8 Å². The highest BCUT2D eigenvalue weighted by Crippen LogP contribution is 2.41. The molecule has 0 saturated heterocycles. The molecule has 168 valence electrons. The van der Waals surface area contributed by atoms with Gasteiger partial charge in [0, 0.05) is 13.0 Å². The van der Waals surface area contributed by atoms with Crippen LogP contribution in [0.3, 0.4) is 0 Å². The molecule has 0 aliphatic heterocycles. The van der Waals surface area contributed by atoms with Gasteiger partial charge in [-0.15, -0.1) is 0 Å². The molecule has 2 aromatic rings. The van der Waals surface area contributed by atoms with Gasteiger partial charge < -0.3 is 15.8 Å². The molecule has 1 aromatic carbocycles. The normalized spacial score (nSPS) is 15.0. The van der Waals surface area contributed by atoms with E-state index in [1.165, 1.54) is 4.57 Å². The van der Waals surface area contributed by atoms with Gasteiger partial charge in [-0.3, -0.25) is 14.2 Å². The Morgan fingerprint density at radius 3 is 2.52 bits per heavy atom. The first-order chi connectivity index (χ1) is 14.5. The predicted octanol–water partition coefficient (Wildman–Crippen LogP) is 3.94. The number of rotatable bonds is 7. The first-order valence-corrected chi connectivity index (χ1v) is 10.9. The molecule has 0 bridgehead atoms. The quantitative estimate of drug-likeness (QED) is 0.637. The van der Waals surface area contributed by atoms with E-state index in [1.54, 1.807) is 32.9 Å². The summed E-state index contributed by atoms with van der Waals surface area (Å²) in [7, 11) is 0. The predicted molar refractivity (Wildman–Crippen MR) is 119 cm³/mol. The number of primary amides is 1. The number of carbonyl (C=O) groups is 2. The summed E-state index contributed by atoms with van der Waals surface area (Å²) < 4.78 is 6.86. The topological polar surface area (TPSA) is 116 Å². The number of halogens is 2. The molecule has 1 atom stereocenters. The second-order valence-corrected chi connectivity index (χ2v) is 9.53. The Morgan fingerprint density at radius 2 is 1.94 bits per heavy atom. The molecule has 1 heterocycles. The third-order valence-corrected chi connectivity index (χ3v) is 5.51. The van der Waals surface area contributed by atoms with Gasteiger partial charge in [0.2, 0.25) is 5.91 Å². The van der Waals surface area contributed by atoms with Crippen molar-refractivity contribution in [2.45, 2.75) is 64.6 Å². The Hall–Kier alpha value is -2.32. The van der Waals surface area contributed by atoms with Crippen LogP contribution in [-0.2, 0) is 16.1 Å². The molecule has 1 aliphatic carbocycles. The van der Waals surface area contributed by atoms with Crippen LogP contribution in [0.15, 0.2) is 16.9 Å². The van der Waals surface area contributed by atoms with E-state index in [0.29, 0.717) is 12.2 Å². The van der Waals surface area contributed by atoms with Gasteiger partial charge in [-0.1, -0.05) is 23.2 Å². The van der Waals surface area contributed by atoms with Crippen LogP contribution in [0.25, 0.3) is 10.9 Å². The number of carbonyl (C=O) groups excluding carboxylic acids is 2. The summed E-state index contributed by atoms with van der Waals surface area (Å²) in [6.45, 7) is 5.51. The van der Waals surface area contributed by atoms with Crippen LogP contribution in [-0.4, -0.2) is 27.2 Å². The number of nitrogens with one attached hydrogen (secondary N) is 1. The van der Waals surface area contributed by atoms with Gasteiger partial charge in [0.15, 0.2) is 0 Å². The molecule has 2 amide bonds. The minimum absolute atomic E-state index is 0.109. The van der Waals surface area contributed by atoms with Crippen molar-refractivity contribution in [1.82, 2.24) is 14.9 Å². The zero-order valence-electron chi connectivity index (χ0n) is 17.7. The van der Waals surface area contributed by atoms with Gasteiger partial charge in [0.1, 0.15) is 11.4 Å². The van der Waals surface area contributed by atoms with E-state index in [1.807, 2.05) is 0 Å². The van der Waals surface area contributed by atoms with Crippen molar-refractivity contribution in [3.63, 3.8) is 0 Å². The average Bonchev–Trinajstić information content (AvgIpc) is 3.47. The van der Waals surface area contributed by atoms with E-state index in [4.69, 9.17) is 33.7 Å². The highest BCUT2D eigenvalue weighted by Gasteiger charge is 2.38. The van der Waals surface area contributed by atoms with Crippen molar-refractivity contribution >= 4 is 46.1 Å². The SMILES string of the molecule is CC(C)(C)OC(=O)N[C@H](c1nc2c(Cl)ccc(Cl)c2c(=O)n1CCCC(N)=O)C1CC1. The van der Waals surface area contributed by atoms with Crippen molar-refractivity contribution in [2.75, 3.05) is 0 Å². The first-order valence-electron chi connectivity index (χ1n) is 10.1. The Balaban J connectivity index is 2.10. The van der Waals surface area contributed by atoms with Crippen LogP contribution in [0.1, 0.15) is 58.3 Å². The zero-order chi connectivity index (χ0) is 22.9. The van der Waals surface area contributed by atoms with Crippen LogP contribution in [0.5, 0.6) is 0 Å². The van der Waals surface area contributed by atoms with E-state index in [2.05, 4.69) is 10.3 Å². The first kappa shape index (κ1) is 23.3. The minimum Gasteiger partial charge on any atom is -0.444 e. The number of aromatic nitrogens is 2. The van der Waals surface area contributed by atoms with E-state index in [-0.39, 0.29) is 45.4 Å². The molecular formula is C21H26Cl2N4O4. The van der Waals surface area contributed by atoms with E-state index >= 15 is 0 Å². The summed E-state index contributed by atoms with van der Waals surface area (Å²) >= 11 is 12.6. The summed E-state index contributed by atoms with van der Waals surface area (Å²) in [5.41, 5.74) is 4.48. The van der Waals surface area contributed by atoms with Crippen molar-refractivity contribution in [2.24, 2.45) is 11.7 Å². The monoisotopic (exact) mass is 468 g/mol. The number of fused-ring (bicyclic) bond motifs is 1. The van der Waals surface area contributed by atoms with Crippen LogP contribution in [0, 0.1) is 5.92 Å². The summed E-state index contributed by atoms with van der Waals surface area (Å²) in [5, 5.41) is 3.58. The minimum atomic E-state index is -0.674. The fourth-order valence-corrected chi connectivity index (χ4v) is 3.82. The van der Waals surface area contributed by atoms with Crippen molar-refractivity contribution < 1.29 is 14.3 Å². The smallest absolute Gasteiger partial charge is 0.408 e. The second-order valence-electron chi connectivity index (χ2n) is 8.71. The third-order valence-electron chi connectivity index (χ3n) is 4.89. The summed E-state index contributed by atoms with van der Waals surface area (Å²) in [4.78, 5) is 41.8. The van der Waals surface area contributed by atoms with Gasteiger partial charge >= 0.3 is 6.09 Å². The van der Waals surface area contributed by atoms with Gasteiger partial charge in [-0.2, -0.15) is 0 Å². The van der Waals surface area contributed by atoms with Crippen molar-refractivity contribution in [3.05, 3.63) is 38.4 Å². The van der Waals surface area contributed by atoms with Crippen molar-refractivity contribution in [3.8, 4) is 0 Å². The molecule has 0 unspecified atom stereocenters. The molecule has 8 nitrogen and oxygen atoms in total. The number of alkyl carbamates (subject to hydrolysis) is 1. The zero-order valence-corrected chi connectivity index (χ0v) is 19.2. The number of ether oxygens (including phenoxy) is 1. The van der Waals surface area contributed by atoms with Crippen LogP contribution < -0.4 is 16.6 Å². The maximum Gasteiger partial charge on any atom is 0.408 e. The number of benzene rings is 1. The van der Waals surface area contributed by atoms with Crippen LogP contribution in [0.2, 0.25) is 10.0 Å². The van der Waals surface area contributed by atoms with Gasteiger partial charge in [-0.05, 0) is 58.1 Å². The second kappa shape index (κ2) is 9.04. The van der Waals surface area contributed by atoms with Crippen molar-refractivity contribution in [1.29, 1.82) is 0 Å². The largest absolute Gasteiger partial charge is 0.444 e. The number of nitrogens with two attached hydrogens (primary N) is 1. The molecule has 1 aliphatic rings. The summed E-state index contributed by atoms with van der Waals surface area (Å²) in [5.74, 6) is 0.00626. The maximum atomic E-state index is 13.4. The number of hydrogen-bond donors (Lipinski definition) is 2. The Kier molecular flexibility index (Phi) is 6.81. The molecule has 3 N–H and O–H groups in total. The lowest BCUT2D eigenvalue weighted by molar-refractivity contribution is -0.118. The van der Waals surface area contributed by atoms with Crippen LogP contribution >= 0.6 is 23.2 Å². The fourth-order valence-electron chi connectivity index (χ4n) is 3.39. The molecule has 1 aromatic heterocycles. The summed E-state index contributed by atoms with van der Waals surface area (Å²) in [6, 6.07) is 2.57. The molecule has 10 heteroatoms. The molecule has 0 radical (unpaired) electrons. The van der Waals surface area contributed by atoms with Gasteiger partial charge in [0.05, 0.1) is 27.0 Å². The molecule has 1 saturated carbocycles. The highest BCUT2D eigenvalue weighted by molar-refractivity contribution is 6.39. The van der Waals surface area contributed by atoms with E-state index in [9.17, 15) is 14.4 Å².